The van der Waals surface area contributed by atoms with Gasteiger partial charge in [-0.3, -0.25) is 0 Å². The van der Waals surface area contributed by atoms with Gasteiger partial charge in [-0.15, -0.1) is 11.3 Å². The van der Waals surface area contributed by atoms with Gasteiger partial charge in [0.2, 0.25) is 0 Å². The smallest absolute Gasteiger partial charge is 0.190 e. The average Bonchev–Trinajstić information content (AvgIpc) is 3.01. The van der Waals surface area contributed by atoms with Gasteiger partial charge in [-0.25, -0.2) is 4.99 Å². The largest absolute Gasteiger partial charge is 0.318 e. The minimum atomic E-state index is 0.665. The van der Waals surface area contributed by atoms with Crippen molar-refractivity contribution in [3.63, 3.8) is 0 Å². The van der Waals surface area contributed by atoms with Crippen LogP contribution in [0.5, 0.6) is 0 Å². The molecule has 1 aliphatic carbocycles. The molecule has 1 fully saturated rings. The number of benzene rings is 1. The lowest BCUT2D eigenvalue weighted by molar-refractivity contribution is 0.496. The Labute approximate surface area is 112 Å². The number of aromatic nitrogens is 1. The highest BCUT2D eigenvalue weighted by Crippen LogP contribution is 2.29. The molecule has 3 heteroatoms. The summed E-state index contributed by atoms with van der Waals surface area (Å²) in [7, 11) is 0. The highest BCUT2D eigenvalue weighted by Gasteiger charge is 2.19. The maximum atomic E-state index is 4.79. The van der Waals surface area contributed by atoms with Crippen LogP contribution in [0.3, 0.4) is 0 Å². The van der Waals surface area contributed by atoms with Crippen molar-refractivity contribution in [2.75, 3.05) is 0 Å². The summed E-state index contributed by atoms with van der Waals surface area (Å²) >= 11 is 1.75. The van der Waals surface area contributed by atoms with Crippen molar-refractivity contribution < 1.29 is 0 Å². The second-order valence-corrected chi connectivity index (χ2v) is 5.75. The third kappa shape index (κ3) is 2.27. The van der Waals surface area contributed by atoms with E-state index >= 15 is 0 Å². The van der Waals surface area contributed by atoms with Gasteiger partial charge in [0.05, 0.1) is 5.69 Å². The standard InChI is InChI=1S/C15H18N2S/c1-12-11-18-15(16-13-7-3-2-4-8-13)17(12)14-9-5-6-10-14/h2-4,7-8,11,14H,5-6,9-10H2,1H3. The van der Waals surface area contributed by atoms with E-state index in [0.717, 1.165) is 10.5 Å². The predicted molar refractivity (Wildman–Crippen MR) is 76.2 cm³/mol. The van der Waals surface area contributed by atoms with Gasteiger partial charge in [0.25, 0.3) is 0 Å². The fourth-order valence-corrected chi connectivity index (χ4v) is 3.66. The van der Waals surface area contributed by atoms with E-state index in [9.17, 15) is 0 Å². The molecule has 18 heavy (non-hydrogen) atoms. The van der Waals surface area contributed by atoms with Crippen LogP contribution in [0.4, 0.5) is 5.69 Å². The van der Waals surface area contributed by atoms with Crippen molar-refractivity contribution >= 4 is 17.0 Å². The maximum absolute atomic E-state index is 4.79. The Morgan fingerprint density at radius 3 is 2.61 bits per heavy atom. The molecule has 0 atom stereocenters. The Balaban J connectivity index is 2.05. The van der Waals surface area contributed by atoms with Crippen LogP contribution in [0, 0.1) is 6.92 Å². The van der Waals surface area contributed by atoms with E-state index < -0.39 is 0 Å². The molecule has 3 rings (SSSR count). The Bertz CT molecular complexity index is 574. The molecule has 94 valence electrons. The number of para-hydroxylation sites is 1. The van der Waals surface area contributed by atoms with Crippen molar-refractivity contribution in [3.8, 4) is 0 Å². The molecule has 1 aliphatic rings. The Morgan fingerprint density at radius 1 is 1.17 bits per heavy atom. The van der Waals surface area contributed by atoms with Gasteiger partial charge in [-0.2, -0.15) is 0 Å². The van der Waals surface area contributed by atoms with Gasteiger partial charge in [0.1, 0.15) is 0 Å². The molecule has 0 saturated heterocycles. The van der Waals surface area contributed by atoms with Crippen LogP contribution in [-0.2, 0) is 0 Å². The summed E-state index contributed by atoms with van der Waals surface area (Å²) in [5, 5.41) is 2.22. The normalized spacial score (nSPS) is 17.5. The fraction of sp³-hybridized carbons (Fsp3) is 0.400. The van der Waals surface area contributed by atoms with Crippen molar-refractivity contribution in [2.24, 2.45) is 4.99 Å². The quantitative estimate of drug-likeness (QED) is 0.768. The molecule has 1 heterocycles. The SMILES string of the molecule is Cc1csc(=Nc2ccccc2)n1C1CCCC1. The van der Waals surface area contributed by atoms with Crippen molar-refractivity contribution in [1.29, 1.82) is 0 Å². The summed E-state index contributed by atoms with van der Waals surface area (Å²) in [6.07, 6.45) is 5.33. The molecule has 0 spiro atoms. The van der Waals surface area contributed by atoms with Gasteiger partial charge >= 0.3 is 0 Å². The second-order valence-electron chi connectivity index (χ2n) is 4.92. The number of hydrogen-bond acceptors (Lipinski definition) is 2. The van der Waals surface area contributed by atoms with Crippen molar-refractivity contribution in [1.82, 2.24) is 4.57 Å². The summed E-state index contributed by atoms with van der Waals surface area (Å²) in [4.78, 5) is 5.93. The Kier molecular flexibility index (Phi) is 3.33. The van der Waals surface area contributed by atoms with Crippen molar-refractivity contribution in [3.05, 3.63) is 46.2 Å². The lowest BCUT2D eigenvalue weighted by Gasteiger charge is -2.13. The Hall–Kier alpha value is -1.35. The van der Waals surface area contributed by atoms with Crippen LogP contribution in [0.2, 0.25) is 0 Å². The van der Waals surface area contributed by atoms with E-state index in [1.165, 1.54) is 31.4 Å². The first kappa shape index (κ1) is 11.7. The summed E-state index contributed by atoms with van der Waals surface area (Å²) in [6.45, 7) is 2.19. The summed E-state index contributed by atoms with van der Waals surface area (Å²) < 4.78 is 2.44. The summed E-state index contributed by atoms with van der Waals surface area (Å²) in [5.41, 5.74) is 2.40. The monoisotopic (exact) mass is 258 g/mol. The van der Waals surface area contributed by atoms with Gasteiger partial charge in [-0.1, -0.05) is 31.0 Å². The predicted octanol–water partition coefficient (Wildman–Crippen LogP) is 4.21. The van der Waals surface area contributed by atoms with Crippen LogP contribution in [0.25, 0.3) is 0 Å². The van der Waals surface area contributed by atoms with Crippen LogP contribution in [0.1, 0.15) is 37.4 Å². The van der Waals surface area contributed by atoms with Crippen LogP contribution in [-0.4, -0.2) is 4.57 Å². The van der Waals surface area contributed by atoms with Crippen LogP contribution >= 0.6 is 11.3 Å². The first-order valence-corrected chi connectivity index (χ1v) is 7.49. The molecule has 0 bridgehead atoms. The molecule has 0 amide bonds. The zero-order chi connectivity index (χ0) is 12.4. The molecular formula is C15H18N2S. The van der Waals surface area contributed by atoms with Gasteiger partial charge in [0.15, 0.2) is 4.80 Å². The van der Waals surface area contributed by atoms with E-state index in [2.05, 4.69) is 29.0 Å². The van der Waals surface area contributed by atoms with Gasteiger partial charge in [0, 0.05) is 17.1 Å². The third-order valence-corrected chi connectivity index (χ3v) is 4.55. The van der Waals surface area contributed by atoms with Crippen LogP contribution in [0.15, 0.2) is 40.7 Å². The number of nitrogens with zero attached hydrogens (tertiary/aromatic N) is 2. The fourth-order valence-electron chi connectivity index (χ4n) is 2.70. The zero-order valence-corrected chi connectivity index (χ0v) is 11.5. The first-order chi connectivity index (χ1) is 8.84. The van der Waals surface area contributed by atoms with E-state index in [1.54, 1.807) is 11.3 Å². The molecule has 1 aromatic heterocycles. The summed E-state index contributed by atoms with van der Waals surface area (Å²) in [6, 6.07) is 10.9. The molecule has 0 radical (unpaired) electrons. The Morgan fingerprint density at radius 2 is 1.89 bits per heavy atom. The molecule has 0 aliphatic heterocycles. The first-order valence-electron chi connectivity index (χ1n) is 6.61. The molecule has 2 nitrogen and oxygen atoms in total. The summed E-state index contributed by atoms with van der Waals surface area (Å²) in [5.74, 6) is 0. The minimum absolute atomic E-state index is 0.665. The van der Waals surface area contributed by atoms with Gasteiger partial charge in [-0.05, 0) is 31.9 Å². The van der Waals surface area contributed by atoms with E-state index in [1.807, 2.05) is 18.2 Å². The molecule has 1 saturated carbocycles. The molecule has 0 unspecified atom stereocenters. The topological polar surface area (TPSA) is 17.3 Å². The molecule has 0 N–H and O–H groups in total. The van der Waals surface area contributed by atoms with E-state index in [4.69, 9.17) is 4.99 Å². The zero-order valence-electron chi connectivity index (χ0n) is 10.7. The molecule has 1 aromatic carbocycles. The number of thiazole rings is 1. The van der Waals surface area contributed by atoms with Crippen molar-refractivity contribution in [2.45, 2.75) is 38.6 Å². The van der Waals surface area contributed by atoms with Crippen LogP contribution < -0.4 is 4.80 Å². The maximum Gasteiger partial charge on any atom is 0.190 e. The number of rotatable bonds is 2. The minimum Gasteiger partial charge on any atom is -0.318 e. The second kappa shape index (κ2) is 5.11. The number of aryl methyl sites for hydroxylation is 1. The van der Waals surface area contributed by atoms with Gasteiger partial charge < -0.3 is 4.57 Å². The number of hydrogen-bond donors (Lipinski definition) is 0. The van der Waals surface area contributed by atoms with E-state index in [-0.39, 0.29) is 0 Å². The third-order valence-electron chi connectivity index (χ3n) is 3.59. The highest BCUT2D eigenvalue weighted by atomic mass is 32.1. The molecular weight excluding hydrogens is 240 g/mol. The molecule has 2 aromatic rings. The lowest BCUT2D eigenvalue weighted by Crippen LogP contribution is -2.20. The lowest BCUT2D eigenvalue weighted by atomic mass is 10.2. The van der Waals surface area contributed by atoms with E-state index in [0.29, 0.717) is 6.04 Å². The average molecular weight is 258 g/mol. The highest BCUT2D eigenvalue weighted by molar-refractivity contribution is 7.07.